The van der Waals surface area contributed by atoms with Gasteiger partial charge < -0.3 is 5.11 Å². The first-order valence-electron chi connectivity index (χ1n) is 5.70. The van der Waals surface area contributed by atoms with E-state index in [0.29, 0.717) is 0 Å². The van der Waals surface area contributed by atoms with Gasteiger partial charge in [-0.05, 0) is 40.7 Å². The van der Waals surface area contributed by atoms with Crippen LogP contribution >= 0.6 is 0 Å². The Labute approximate surface area is 95.4 Å². The summed E-state index contributed by atoms with van der Waals surface area (Å²) >= 11 is 0. The summed E-state index contributed by atoms with van der Waals surface area (Å²) < 4.78 is 0. The Hall–Kier alpha value is -1.60. The number of benzene rings is 2. The van der Waals surface area contributed by atoms with Gasteiger partial charge in [-0.2, -0.15) is 0 Å². The predicted molar refractivity (Wildman–Crippen MR) is 65.5 cm³/mol. The van der Waals surface area contributed by atoms with Crippen LogP contribution in [0.15, 0.2) is 42.5 Å². The minimum atomic E-state index is 0.229. The number of hydrogen-bond donors (Lipinski definition) is 1. The molecule has 0 heterocycles. The predicted octanol–water partition coefficient (Wildman–Crippen LogP) is 2.79. The maximum Gasteiger partial charge on any atom is 0.0471 e. The lowest BCUT2D eigenvalue weighted by molar-refractivity contribution is 0.299. The number of rotatable bonds is 2. The lowest BCUT2D eigenvalue weighted by atomic mass is 9.99. The average Bonchev–Trinajstić information content (AvgIpc) is 2.69. The van der Waals surface area contributed by atoms with Gasteiger partial charge in [-0.1, -0.05) is 42.5 Å². The third-order valence-electron chi connectivity index (χ3n) is 3.33. The van der Waals surface area contributed by atoms with Gasteiger partial charge in [0, 0.05) is 6.61 Å². The van der Waals surface area contributed by atoms with E-state index in [4.69, 9.17) is 5.11 Å². The van der Waals surface area contributed by atoms with E-state index in [-0.39, 0.29) is 6.61 Å². The van der Waals surface area contributed by atoms with E-state index in [1.165, 1.54) is 27.8 Å². The van der Waals surface area contributed by atoms with E-state index in [2.05, 4.69) is 42.5 Å². The highest BCUT2D eigenvalue weighted by Crippen LogP contribution is 2.37. The summed E-state index contributed by atoms with van der Waals surface area (Å²) in [7, 11) is 0. The average molecular weight is 210 g/mol. The second kappa shape index (κ2) is 3.76. The summed E-state index contributed by atoms with van der Waals surface area (Å²) in [5.41, 5.74) is 6.80. The van der Waals surface area contributed by atoms with E-state index in [1.807, 2.05) is 0 Å². The van der Waals surface area contributed by atoms with E-state index >= 15 is 0 Å². The summed E-state index contributed by atoms with van der Waals surface area (Å²) in [5, 5.41) is 9.07. The number of aliphatic hydroxyl groups excluding tert-OH is 1. The number of hydrogen-bond acceptors (Lipinski definition) is 1. The van der Waals surface area contributed by atoms with Gasteiger partial charge in [0.15, 0.2) is 0 Å². The summed E-state index contributed by atoms with van der Waals surface area (Å²) in [6.07, 6.45) is 1.78. The SMILES string of the molecule is OCCc1cccc2c1Cc1ccccc1-2. The summed E-state index contributed by atoms with van der Waals surface area (Å²) in [4.78, 5) is 0. The first-order valence-corrected chi connectivity index (χ1v) is 5.70. The molecule has 80 valence electrons. The molecule has 1 nitrogen and oxygen atoms in total. The van der Waals surface area contributed by atoms with Gasteiger partial charge in [-0.25, -0.2) is 0 Å². The molecule has 1 aliphatic rings. The largest absolute Gasteiger partial charge is 0.396 e. The molecule has 1 N–H and O–H groups in total. The first kappa shape index (κ1) is 9.61. The zero-order valence-electron chi connectivity index (χ0n) is 9.11. The van der Waals surface area contributed by atoms with E-state index < -0.39 is 0 Å². The van der Waals surface area contributed by atoms with E-state index in [9.17, 15) is 0 Å². The zero-order valence-corrected chi connectivity index (χ0v) is 9.11. The van der Waals surface area contributed by atoms with Crippen LogP contribution in [0.5, 0.6) is 0 Å². The van der Waals surface area contributed by atoms with Gasteiger partial charge >= 0.3 is 0 Å². The van der Waals surface area contributed by atoms with Crippen molar-refractivity contribution in [3.8, 4) is 11.1 Å². The normalized spacial score (nSPS) is 12.3. The number of aliphatic hydroxyl groups is 1. The second-order valence-corrected chi connectivity index (χ2v) is 4.25. The van der Waals surface area contributed by atoms with Gasteiger partial charge in [0.2, 0.25) is 0 Å². The monoisotopic (exact) mass is 210 g/mol. The molecule has 0 atom stereocenters. The molecular weight excluding hydrogens is 196 g/mol. The van der Waals surface area contributed by atoms with Crippen molar-refractivity contribution >= 4 is 0 Å². The second-order valence-electron chi connectivity index (χ2n) is 4.25. The van der Waals surface area contributed by atoms with Crippen LogP contribution in [0.2, 0.25) is 0 Å². The van der Waals surface area contributed by atoms with Crippen LogP contribution in [0.1, 0.15) is 16.7 Å². The smallest absolute Gasteiger partial charge is 0.0471 e. The summed E-state index contributed by atoms with van der Waals surface area (Å²) in [6, 6.07) is 15.0. The van der Waals surface area contributed by atoms with Gasteiger partial charge in [0.1, 0.15) is 0 Å². The van der Waals surface area contributed by atoms with Gasteiger partial charge in [0.05, 0.1) is 0 Å². The molecule has 2 aromatic carbocycles. The van der Waals surface area contributed by atoms with Gasteiger partial charge in [-0.15, -0.1) is 0 Å². The minimum absolute atomic E-state index is 0.229. The molecule has 0 radical (unpaired) electrons. The molecule has 0 aliphatic heterocycles. The van der Waals surface area contributed by atoms with E-state index in [1.54, 1.807) is 0 Å². The van der Waals surface area contributed by atoms with Gasteiger partial charge in [-0.3, -0.25) is 0 Å². The Morgan fingerprint density at radius 3 is 2.62 bits per heavy atom. The Morgan fingerprint density at radius 1 is 0.938 bits per heavy atom. The lowest BCUT2D eigenvalue weighted by Crippen LogP contribution is -1.96. The van der Waals surface area contributed by atoms with Crippen LogP contribution in [0.4, 0.5) is 0 Å². The molecule has 1 heteroatoms. The first-order chi connectivity index (χ1) is 7.90. The molecule has 2 aromatic rings. The molecule has 0 bridgehead atoms. The fourth-order valence-corrected chi connectivity index (χ4v) is 2.58. The molecule has 3 rings (SSSR count). The quantitative estimate of drug-likeness (QED) is 0.689. The van der Waals surface area contributed by atoms with Crippen LogP contribution in [0.3, 0.4) is 0 Å². The molecule has 1 aliphatic carbocycles. The standard InChI is InChI=1S/C15H14O/c16-9-8-11-5-3-7-14-13-6-2-1-4-12(13)10-15(11)14/h1-7,16H,8-10H2. The summed E-state index contributed by atoms with van der Waals surface area (Å²) in [5.74, 6) is 0. The summed E-state index contributed by atoms with van der Waals surface area (Å²) in [6.45, 7) is 0.229. The Balaban J connectivity index is 2.16. The maximum absolute atomic E-state index is 9.07. The highest BCUT2D eigenvalue weighted by Gasteiger charge is 2.19. The van der Waals surface area contributed by atoms with Crippen LogP contribution in [-0.4, -0.2) is 11.7 Å². The lowest BCUT2D eigenvalue weighted by Gasteiger charge is -2.06. The van der Waals surface area contributed by atoms with Crippen molar-refractivity contribution in [3.05, 3.63) is 59.2 Å². The van der Waals surface area contributed by atoms with Crippen molar-refractivity contribution in [2.45, 2.75) is 12.8 Å². The van der Waals surface area contributed by atoms with Crippen LogP contribution < -0.4 is 0 Å². The van der Waals surface area contributed by atoms with Gasteiger partial charge in [0.25, 0.3) is 0 Å². The molecular formula is C15H14O. The van der Waals surface area contributed by atoms with Crippen molar-refractivity contribution in [2.24, 2.45) is 0 Å². The van der Waals surface area contributed by atoms with Crippen LogP contribution in [0, 0.1) is 0 Å². The highest BCUT2D eigenvalue weighted by molar-refractivity contribution is 5.77. The fourth-order valence-electron chi connectivity index (χ4n) is 2.58. The molecule has 16 heavy (non-hydrogen) atoms. The van der Waals surface area contributed by atoms with Crippen molar-refractivity contribution in [2.75, 3.05) is 6.61 Å². The molecule has 0 saturated carbocycles. The van der Waals surface area contributed by atoms with Crippen LogP contribution in [-0.2, 0) is 12.8 Å². The highest BCUT2D eigenvalue weighted by atomic mass is 16.2. The third-order valence-corrected chi connectivity index (χ3v) is 3.33. The van der Waals surface area contributed by atoms with Crippen molar-refractivity contribution in [1.29, 1.82) is 0 Å². The van der Waals surface area contributed by atoms with Crippen LogP contribution in [0.25, 0.3) is 11.1 Å². The van der Waals surface area contributed by atoms with Crippen molar-refractivity contribution < 1.29 is 5.11 Å². The third kappa shape index (κ3) is 1.36. The maximum atomic E-state index is 9.07. The molecule has 0 saturated heterocycles. The topological polar surface area (TPSA) is 20.2 Å². The zero-order chi connectivity index (χ0) is 11.0. The Bertz CT molecular complexity index is 529. The number of fused-ring (bicyclic) bond motifs is 3. The van der Waals surface area contributed by atoms with Crippen molar-refractivity contribution in [3.63, 3.8) is 0 Å². The molecule has 0 aromatic heterocycles. The van der Waals surface area contributed by atoms with Crippen molar-refractivity contribution in [1.82, 2.24) is 0 Å². The Kier molecular flexibility index (Phi) is 2.26. The fraction of sp³-hybridized carbons (Fsp3) is 0.200. The molecule has 0 unspecified atom stereocenters. The molecule has 0 spiro atoms. The molecule has 0 amide bonds. The van der Waals surface area contributed by atoms with E-state index in [0.717, 1.165) is 12.8 Å². The molecule has 0 fully saturated rings. The minimum Gasteiger partial charge on any atom is -0.396 e. The Morgan fingerprint density at radius 2 is 1.75 bits per heavy atom.